The van der Waals surface area contributed by atoms with E-state index in [1.165, 1.54) is 0 Å². The van der Waals surface area contributed by atoms with E-state index in [-0.39, 0.29) is 35.6 Å². The molecule has 0 saturated heterocycles. The van der Waals surface area contributed by atoms with Crippen LogP contribution in [0.5, 0.6) is 0 Å². The summed E-state index contributed by atoms with van der Waals surface area (Å²) in [6.45, 7) is 22.4. The zero-order valence-electron chi connectivity index (χ0n) is 23.8. The van der Waals surface area contributed by atoms with Crippen molar-refractivity contribution >= 4 is 26.3 Å². The van der Waals surface area contributed by atoms with Crippen LogP contribution < -0.4 is 16.0 Å². The van der Waals surface area contributed by atoms with Crippen molar-refractivity contribution in [2.24, 2.45) is 5.92 Å². The lowest BCUT2D eigenvalue weighted by Crippen LogP contribution is -2.56. The second kappa shape index (κ2) is 14.2. The lowest BCUT2D eigenvalue weighted by Gasteiger charge is -2.40. The molecule has 0 rings (SSSR count). The van der Waals surface area contributed by atoms with Gasteiger partial charge < -0.3 is 30.2 Å². The molecule has 3 atom stereocenters. The van der Waals surface area contributed by atoms with Gasteiger partial charge in [-0.3, -0.25) is 9.59 Å². The molecule has 0 fully saturated rings. The molecule has 0 heterocycles. The normalized spacial score (nSPS) is 15.3. The van der Waals surface area contributed by atoms with E-state index in [9.17, 15) is 19.5 Å². The Morgan fingerprint density at radius 1 is 0.971 bits per heavy atom. The first kappa shape index (κ1) is 33.3. The lowest BCUT2D eigenvalue weighted by molar-refractivity contribution is -0.139. The molecule has 35 heavy (non-hydrogen) atoms. The van der Waals surface area contributed by atoms with Crippen molar-refractivity contribution in [3.8, 4) is 0 Å². The van der Waals surface area contributed by atoms with Gasteiger partial charge in [-0.2, -0.15) is 0 Å². The predicted molar refractivity (Wildman–Crippen MR) is 142 cm³/mol. The molecule has 0 saturated carbocycles. The maximum atomic E-state index is 12.4. The Hall–Kier alpha value is -1.65. The van der Waals surface area contributed by atoms with Crippen LogP contribution in [0, 0.1) is 5.92 Å². The smallest absolute Gasteiger partial charge is 0.407 e. The third-order valence-corrected chi connectivity index (χ3v) is 10.7. The molecule has 0 aliphatic heterocycles. The highest BCUT2D eigenvalue weighted by Gasteiger charge is 2.40. The van der Waals surface area contributed by atoms with Crippen molar-refractivity contribution < 1.29 is 28.7 Å². The van der Waals surface area contributed by atoms with Crippen molar-refractivity contribution in [3.05, 3.63) is 0 Å². The van der Waals surface area contributed by atoms with Gasteiger partial charge in [0.05, 0.1) is 12.1 Å². The molecule has 0 aromatic heterocycles. The third-order valence-electron chi connectivity index (χ3n) is 6.18. The summed E-state index contributed by atoms with van der Waals surface area (Å²) in [6.07, 6.45) is 0.874. The van der Waals surface area contributed by atoms with Gasteiger partial charge in [-0.25, -0.2) is 4.79 Å². The number of rotatable bonds is 14. The van der Waals surface area contributed by atoms with Gasteiger partial charge in [-0.15, -0.1) is 0 Å². The summed E-state index contributed by atoms with van der Waals surface area (Å²) in [4.78, 5) is 36.0. The fourth-order valence-electron chi connectivity index (χ4n) is 2.97. The van der Waals surface area contributed by atoms with Gasteiger partial charge >= 0.3 is 12.1 Å². The van der Waals surface area contributed by atoms with Gasteiger partial charge in [0.25, 0.3) is 0 Å². The fraction of sp³-hybridized carbons (Fsp3) is 0.880. The molecule has 206 valence electrons. The molecule has 0 aliphatic carbocycles. The van der Waals surface area contributed by atoms with Gasteiger partial charge in [-0.05, 0) is 65.1 Å². The van der Waals surface area contributed by atoms with Gasteiger partial charge in [0.15, 0.2) is 8.32 Å². The van der Waals surface area contributed by atoms with Crippen molar-refractivity contribution in [1.29, 1.82) is 0 Å². The highest BCUT2D eigenvalue weighted by molar-refractivity contribution is 6.74. The maximum absolute atomic E-state index is 12.4. The first-order valence-electron chi connectivity index (χ1n) is 12.7. The van der Waals surface area contributed by atoms with Crippen LogP contribution in [0.4, 0.5) is 4.79 Å². The second-order valence-electron chi connectivity index (χ2n) is 12.1. The number of ether oxygens (including phenoxy) is 1. The first-order chi connectivity index (χ1) is 15.8. The second-order valence-corrected chi connectivity index (χ2v) is 16.8. The standard InChI is InChI=1S/C25H51N3O6Si/c1-17(2)21(29)28-20(18(3)34-35(10,11)25(7,8)9)16-27-19(22(30)31)14-12-13-15-26-23(32)33-24(4,5)6/h17-20,27H,12-16H2,1-11H3,(H,26,32)(H,28,29)(H,30,31)/t18-,19?,20+/m1/s1. The topological polar surface area (TPSA) is 126 Å². The molecule has 0 radical (unpaired) electrons. The number of alkyl carbamates (subject to hydrolysis) is 1. The van der Waals surface area contributed by atoms with Crippen molar-refractivity contribution in [2.45, 2.75) is 123 Å². The Bertz CT molecular complexity index is 686. The van der Waals surface area contributed by atoms with E-state index >= 15 is 0 Å². The number of carbonyl (C=O) groups is 3. The highest BCUT2D eigenvalue weighted by Crippen LogP contribution is 2.37. The molecule has 1 unspecified atom stereocenters. The van der Waals surface area contributed by atoms with E-state index in [0.717, 1.165) is 0 Å². The summed E-state index contributed by atoms with van der Waals surface area (Å²) < 4.78 is 11.7. The lowest BCUT2D eigenvalue weighted by atomic mass is 10.1. The van der Waals surface area contributed by atoms with Crippen LogP contribution in [-0.2, 0) is 18.8 Å². The molecule has 0 aromatic carbocycles. The minimum atomic E-state index is -2.08. The van der Waals surface area contributed by atoms with Crippen molar-refractivity contribution in [3.63, 3.8) is 0 Å². The Morgan fingerprint density at radius 2 is 1.54 bits per heavy atom. The summed E-state index contributed by atoms with van der Waals surface area (Å²) in [5.41, 5.74) is -0.560. The molecule has 0 aromatic rings. The zero-order valence-corrected chi connectivity index (χ0v) is 24.8. The zero-order chi connectivity index (χ0) is 27.6. The van der Waals surface area contributed by atoms with Gasteiger partial charge in [0.2, 0.25) is 5.91 Å². The van der Waals surface area contributed by atoms with Crippen LogP contribution >= 0.6 is 0 Å². The van der Waals surface area contributed by atoms with Crippen molar-refractivity contribution in [2.75, 3.05) is 13.1 Å². The maximum Gasteiger partial charge on any atom is 0.407 e. The summed E-state index contributed by atoms with van der Waals surface area (Å²) in [5.74, 6) is -1.23. The minimum absolute atomic E-state index is 0.0121. The molecule has 0 bridgehead atoms. The molecule has 2 amide bonds. The Labute approximate surface area is 213 Å². The molecular formula is C25H51N3O6Si. The van der Waals surface area contributed by atoms with E-state index in [1.807, 2.05) is 20.8 Å². The van der Waals surface area contributed by atoms with E-state index in [0.29, 0.717) is 25.8 Å². The molecular weight excluding hydrogens is 466 g/mol. The number of aliphatic carboxylic acids is 1. The summed E-state index contributed by atoms with van der Waals surface area (Å²) >= 11 is 0. The highest BCUT2D eigenvalue weighted by atomic mass is 28.4. The van der Waals surface area contributed by atoms with Crippen LogP contribution in [0.15, 0.2) is 0 Å². The predicted octanol–water partition coefficient (Wildman–Crippen LogP) is 4.28. The van der Waals surface area contributed by atoms with Gasteiger partial charge in [-0.1, -0.05) is 34.6 Å². The van der Waals surface area contributed by atoms with Crippen LogP contribution in [-0.4, -0.2) is 68.3 Å². The number of unbranched alkanes of at least 4 members (excludes halogenated alkanes) is 1. The molecule has 4 N–H and O–H groups in total. The average Bonchev–Trinajstić information content (AvgIpc) is 2.65. The minimum Gasteiger partial charge on any atom is -0.480 e. The Balaban J connectivity index is 4.98. The molecule has 9 nitrogen and oxygen atoms in total. The summed E-state index contributed by atoms with van der Waals surface area (Å²) in [5, 5.41) is 18.5. The van der Waals surface area contributed by atoms with Gasteiger partial charge in [0, 0.05) is 19.0 Å². The third kappa shape index (κ3) is 13.9. The molecule has 10 heteroatoms. The van der Waals surface area contributed by atoms with Crippen LogP contribution in [0.1, 0.15) is 81.6 Å². The summed E-state index contributed by atoms with van der Waals surface area (Å²) in [7, 11) is -2.08. The number of hydrogen-bond acceptors (Lipinski definition) is 6. The number of carbonyl (C=O) groups excluding carboxylic acids is 2. The van der Waals surface area contributed by atoms with Gasteiger partial charge in [0.1, 0.15) is 11.6 Å². The average molecular weight is 518 g/mol. The molecule has 0 aliphatic rings. The Morgan fingerprint density at radius 3 is 2.00 bits per heavy atom. The largest absolute Gasteiger partial charge is 0.480 e. The number of nitrogens with one attached hydrogen (secondary N) is 3. The van der Waals surface area contributed by atoms with E-state index in [1.54, 1.807) is 20.8 Å². The summed E-state index contributed by atoms with van der Waals surface area (Å²) in [6, 6.07) is -1.13. The van der Waals surface area contributed by atoms with Crippen LogP contribution in [0.2, 0.25) is 18.1 Å². The van der Waals surface area contributed by atoms with Crippen molar-refractivity contribution in [1.82, 2.24) is 16.0 Å². The van der Waals surface area contributed by atoms with Crippen LogP contribution in [0.3, 0.4) is 0 Å². The quantitative estimate of drug-likeness (QED) is 0.200. The number of carboxylic acid groups (broad SMARTS) is 1. The first-order valence-corrected chi connectivity index (χ1v) is 15.6. The van der Waals surface area contributed by atoms with E-state index in [4.69, 9.17) is 9.16 Å². The monoisotopic (exact) mass is 517 g/mol. The Kier molecular flexibility index (Phi) is 13.5. The fourth-order valence-corrected chi connectivity index (χ4v) is 4.41. The van der Waals surface area contributed by atoms with Crippen LogP contribution in [0.25, 0.3) is 0 Å². The molecule has 0 spiro atoms. The van der Waals surface area contributed by atoms with E-state index < -0.39 is 32.0 Å². The number of carboxylic acids is 1. The number of amides is 2. The number of hydrogen-bond donors (Lipinski definition) is 4. The van der Waals surface area contributed by atoms with E-state index in [2.05, 4.69) is 49.8 Å². The SMILES string of the molecule is CC(C)C(=O)N[C@@H](CNC(CCCCNC(=O)OC(C)(C)C)C(=O)O)[C@@H](C)O[Si](C)(C)C(C)(C)C.